The second kappa shape index (κ2) is 6.12. The number of aryl methyl sites for hydroxylation is 1. The fraction of sp³-hybridized carbons (Fsp3) is 0.357. The van der Waals surface area contributed by atoms with Gasteiger partial charge < -0.3 is 10.6 Å². The summed E-state index contributed by atoms with van der Waals surface area (Å²) in [7, 11) is 1.88. The molecule has 2 N–H and O–H groups in total. The van der Waals surface area contributed by atoms with Crippen molar-refractivity contribution in [2.75, 3.05) is 18.5 Å². The number of rotatable bonds is 5. The molecule has 0 saturated carbocycles. The molecule has 19 heavy (non-hydrogen) atoms. The quantitative estimate of drug-likeness (QED) is 0.915. The van der Waals surface area contributed by atoms with E-state index in [1.54, 1.807) is 17.4 Å². The van der Waals surface area contributed by atoms with E-state index < -0.39 is 0 Å². The number of hydrogen-bond donors (Lipinski definition) is 1. The Morgan fingerprint density at radius 3 is 2.84 bits per heavy atom. The van der Waals surface area contributed by atoms with Gasteiger partial charge in [0.2, 0.25) is 0 Å². The third-order valence-electron chi connectivity index (χ3n) is 2.93. The molecule has 0 aliphatic rings. The first-order chi connectivity index (χ1) is 9.11. The zero-order valence-corrected chi connectivity index (χ0v) is 12.0. The summed E-state index contributed by atoms with van der Waals surface area (Å²) >= 11 is 1.61. The standard InChI is InChI=1S/C14H18FN3S/c1-10-17-12(9-19-10)8-18(2)14-11(6-7-16)4-3-5-13(14)15/h3-5,9H,6-8,16H2,1-2H3. The van der Waals surface area contributed by atoms with E-state index in [1.807, 2.05) is 30.3 Å². The van der Waals surface area contributed by atoms with Crippen molar-refractivity contribution < 1.29 is 4.39 Å². The molecule has 0 atom stereocenters. The molecule has 0 saturated heterocycles. The average molecular weight is 279 g/mol. The molecule has 3 nitrogen and oxygen atoms in total. The number of benzene rings is 1. The smallest absolute Gasteiger partial charge is 0.146 e. The average Bonchev–Trinajstić information content (AvgIpc) is 2.75. The Labute approximate surface area is 116 Å². The molecule has 0 spiro atoms. The van der Waals surface area contributed by atoms with Crippen LogP contribution >= 0.6 is 11.3 Å². The van der Waals surface area contributed by atoms with E-state index in [0.717, 1.165) is 16.3 Å². The lowest BCUT2D eigenvalue weighted by Gasteiger charge is -2.22. The lowest BCUT2D eigenvalue weighted by atomic mass is 10.1. The van der Waals surface area contributed by atoms with Crippen LogP contribution in [0.5, 0.6) is 0 Å². The van der Waals surface area contributed by atoms with Gasteiger partial charge in [0.1, 0.15) is 5.82 Å². The minimum Gasteiger partial charge on any atom is -0.366 e. The third kappa shape index (κ3) is 3.30. The number of anilines is 1. The van der Waals surface area contributed by atoms with Crippen LogP contribution in [-0.2, 0) is 13.0 Å². The van der Waals surface area contributed by atoms with Gasteiger partial charge in [-0.2, -0.15) is 0 Å². The van der Waals surface area contributed by atoms with Gasteiger partial charge in [-0.25, -0.2) is 9.37 Å². The molecule has 1 heterocycles. The normalized spacial score (nSPS) is 10.7. The number of hydrogen-bond acceptors (Lipinski definition) is 4. The molecule has 0 bridgehead atoms. The second-order valence-corrected chi connectivity index (χ2v) is 5.56. The zero-order chi connectivity index (χ0) is 13.8. The summed E-state index contributed by atoms with van der Waals surface area (Å²) < 4.78 is 14.0. The van der Waals surface area contributed by atoms with E-state index in [2.05, 4.69) is 4.98 Å². The lowest BCUT2D eigenvalue weighted by Crippen LogP contribution is -2.20. The summed E-state index contributed by atoms with van der Waals surface area (Å²) in [5.41, 5.74) is 8.11. The minimum absolute atomic E-state index is 0.208. The van der Waals surface area contributed by atoms with Gasteiger partial charge >= 0.3 is 0 Å². The molecule has 0 radical (unpaired) electrons. The van der Waals surface area contributed by atoms with Crippen molar-refractivity contribution in [1.82, 2.24) is 4.98 Å². The highest BCUT2D eigenvalue weighted by Crippen LogP contribution is 2.25. The Morgan fingerprint density at radius 2 is 2.21 bits per heavy atom. The van der Waals surface area contributed by atoms with Gasteiger partial charge in [0, 0.05) is 12.4 Å². The Bertz CT molecular complexity index is 553. The monoisotopic (exact) mass is 279 g/mol. The molecule has 0 fully saturated rings. The highest BCUT2D eigenvalue weighted by atomic mass is 32.1. The SMILES string of the molecule is Cc1nc(CN(C)c2c(F)cccc2CCN)cs1. The van der Waals surface area contributed by atoms with Crippen LogP contribution in [0.15, 0.2) is 23.6 Å². The zero-order valence-electron chi connectivity index (χ0n) is 11.2. The van der Waals surface area contributed by atoms with E-state index in [9.17, 15) is 4.39 Å². The van der Waals surface area contributed by atoms with E-state index in [0.29, 0.717) is 25.2 Å². The van der Waals surface area contributed by atoms with E-state index in [1.165, 1.54) is 6.07 Å². The Balaban J connectivity index is 2.24. The van der Waals surface area contributed by atoms with E-state index in [4.69, 9.17) is 5.73 Å². The number of para-hydroxylation sites is 1. The van der Waals surface area contributed by atoms with Crippen molar-refractivity contribution in [1.29, 1.82) is 0 Å². The van der Waals surface area contributed by atoms with Crippen molar-refractivity contribution in [3.63, 3.8) is 0 Å². The first-order valence-electron chi connectivity index (χ1n) is 6.21. The van der Waals surface area contributed by atoms with Gasteiger partial charge in [-0.05, 0) is 31.5 Å². The van der Waals surface area contributed by atoms with Crippen molar-refractivity contribution in [2.24, 2.45) is 5.73 Å². The molecule has 1 aromatic heterocycles. The van der Waals surface area contributed by atoms with Crippen LogP contribution in [0.2, 0.25) is 0 Å². The van der Waals surface area contributed by atoms with Crippen molar-refractivity contribution >= 4 is 17.0 Å². The summed E-state index contributed by atoms with van der Waals surface area (Å²) in [6.45, 7) is 3.08. The molecule has 1 aromatic carbocycles. The summed E-state index contributed by atoms with van der Waals surface area (Å²) in [4.78, 5) is 6.31. The molecule has 2 rings (SSSR count). The lowest BCUT2D eigenvalue weighted by molar-refractivity contribution is 0.619. The van der Waals surface area contributed by atoms with Crippen LogP contribution in [0.25, 0.3) is 0 Å². The largest absolute Gasteiger partial charge is 0.366 e. The maximum absolute atomic E-state index is 14.0. The maximum Gasteiger partial charge on any atom is 0.146 e. The van der Waals surface area contributed by atoms with Gasteiger partial charge in [-0.3, -0.25) is 0 Å². The maximum atomic E-state index is 14.0. The molecule has 102 valence electrons. The van der Waals surface area contributed by atoms with Crippen LogP contribution in [0.1, 0.15) is 16.3 Å². The Hall–Kier alpha value is -1.46. The van der Waals surface area contributed by atoms with Crippen molar-refractivity contribution in [3.05, 3.63) is 45.7 Å². The molecule has 2 aromatic rings. The molecule has 0 aliphatic heterocycles. The third-order valence-corrected chi connectivity index (χ3v) is 3.75. The fourth-order valence-electron chi connectivity index (χ4n) is 2.15. The van der Waals surface area contributed by atoms with E-state index >= 15 is 0 Å². The number of halogens is 1. The summed E-state index contributed by atoms with van der Waals surface area (Å²) in [6.07, 6.45) is 0.674. The van der Waals surface area contributed by atoms with E-state index in [-0.39, 0.29) is 5.82 Å². The Kier molecular flexibility index (Phi) is 4.50. The number of nitrogens with two attached hydrogens (primary N) is 1. The molecule has 0 aliphatic carbocycles. The molecular formula is C14H18FN3S. The topological polar surface area (TPSA) is 42.2 Å². The van der Waals surface area contributed by atoms with Crippen LogP contribution in [0.3, 0.4) is 0 Å². The fourth-order valence-corrected chi connectivity index (χ4v) is 2.75. The van der Waals surface area contributed by atoms with Crippen LogP contribution in [0, 0.1) is 12.7 Å². The first kappa shape index (κ1) is 14.0. The summed E-state index contributed by atoms with van der Waals surface area (Å²) in [5, 5.41) is 3.04. The first-order valence-corrected chi connectivity index (χ1v) is 7.09. The highest BCUT2D eigenvalue weighted by Gasteiger charge is 2.13. The summed E-state index contributed by atoms with van der Waals surface area (Å²) in [5.74, 6) is -0.208. The van der Waals surface area contributed by atoms with Crippen molar-refractivity contribution in [3.8, 4) is 0 Å². The number of thiazole rings is 1. The van der Waals surface area contributed by atoms with Crippen LogP contribution < -0.4 is 10.6 Å². The van der Waals surface area contributed by atoms with Crippen molar-refractivity contribution in [2.45, 2.75) is 19.9 Å². The van der Waals surface area contributed by atoms with Crippen LogP contribution in [-0.4, -0.2) is 18.6 Å². The van der Waals surface area contributed by atoms with Gasteiger partial charge in [0.05, 0.1) is 22.9 Å². The minimum atomic E-state index is -0.208. The second-order valence-electron chi connectivity index (χ2n) is 4.50. The summed E-state index contributed by atoms with van der Waals surface area (Å²) in [6, 6.07) is 5.14. The molecule has 0 amide bonds. The Morgan fingerprint density at radius 1 is 1.42 bits per heavy atom. The predicted octanol–water partition coefficient (Wildman–Crippen LogP) is 2.73. The number of nitrogens with zero attached hydrogens (tertiary/aromatic N) is 2. The number of aromatic nitrogens is 1. The highest BCUT2D eigenvalue weighted by molar-refractivity contribution is 7.09. The predicted molar refractivity (Wildman–Crippen MR) is 78.1 cm³/mol. The van der Waals surface area contributed by atoms with Gasteiger partial charge in [-0.1, -0.05) is 12.1 Å². The molecule has 0 unspecified atom stereocenters. The molecular weight excluding hydrogens is 261 g/mol. The molecule has 5 heteroatoms. The van der Waals surface area contributed by atoms with Gasteiger partial charge in [-0.15, -0.1) is 11.3 Å². The van der Waals surface area contributed by atoms with Gasteiger partial charge in [0.25, 0.3) is 0 Å². The van der Waals surface area contributed by atoms with Gasteiger partial charge in [0.15, 0.2) is 0 Å². The van der Waals surface area contributed by atoms with Crippen LogP contribution in [0.4, 0.5) is 10.1 Å².